The summed E-state index contributed by atoms with van der Waals surface area (Å²) in [6.45, 7) is 0.633. The van der Waals surface area contributed by atoms with Gasteiger partial charge in [-0.2, -0.15) is 13.2 Å². The van der Waals surface area contributed by atoms with Crippen molar-refractivity contribution in [1.29, 1.82) is 0 Å². The number of carboxylic acid groups (broad SMARTS) is 2. The molecular formula is C20H21BrF3N3O6. The Morgan fingerprint density at radius 1 is 1.12 bits per heavy atom. The second-order valence-electron chi connectivity index (χ2n) is 6.58. The fraction of sp³-hybridized carbons (Fsp3) is 0.300. The summed E-state index contributed by atoms with van der Waals surface area (Å²) >= 11 is 3.35. The molecule has 1 aromatic carbocycles. The van der Waals surface area contributed by atoms with E-state index >= 15 is 0 Å². The number of pyridine rings is 1. The van der Waals surface area contributed by atoms with Crippen LogP contribution in [-0.4, -0.2) is 51.4 Å². The van der Waals surface area contributed by atoms with Gasteiger partial charge in [-0.25, -0.2) is 9.59 Å². The Labute approximate surface area is 194 Å². The average molecular weight is 536 g/mol. The Kier molecular flexibility index (Phi) is 10.8. The van der Waals surface area contributed by atoms with Crippen molar-refractivity contribution in [2.24, 2.45) is 5.73 Å². The first kappa shape index (κ1) is 27.8. The fourth-order valence-electron chi connectivity index (χ4n) is 2.44. The van der Waals surface area contributed by atoms with Gasteiger partial charge in [0.25, 0.3) is 11.5 Å². The minimum absolute atomic E-state index is 0.0939. The summed E-state index contributed by atoms with van der Waals surface area (Å²) in [6.07, 6.45) is -2.83. The van der Waals surface area contributed by atoms with E-state index in [0.29, 0.717) is 19.5 Å². The van der Waals surface area contributed by atoms with Gasteiger partial charge in [0.15, 0.2) is 0 Å². The number of nitrogens with zero attached hydrogens (tertiary/aromatic N) is 1. The van der Waals surface area contributed by atoms with Crippen molar-refractivity contribution >= 4 is 33.8 Å². The molecule has 1 atom stereocenters. The maximum absolute atomic E-state index is 12.6. The summed E-state index contributed by atoms with van der Waals surface area (Å²) in [6, 6.07) is 9.37. The van der Waals surface area contributed by atoms with Crippen LogP contribution in [0, 0.1) is 0 Å². The van der Waals surface area contributed by atoms with E-state index in [1.165, 1.54) is 10.6 Å². The highest BCUT2D eigenvalue weighted by molar-refractivity contribution is 9.10. The van der Waals surface area contributed by atoms with Gasteiger partial charge < -0.3 is 25.8 Å². The molecule has 2 rings (SSSR count). The Balaban J connectivity index is 0.000000675. The fourth-order valence-corrected chi connectivity index (χ4v) is 2.70. The number of amides is 1. The summed E-state index contributed by atoms with van der Waals surface area (Å²) < 4.78 is 34.1. The first-order valence-electron chi connectivity index (χ1n) is 9.34. The van der Waals surface area contributed by atoms with Gasteiger partial charge in [-0.1, -0.05) is 28.1 Å². The molecule has 1 heterocycles. The minimum atomic E-state index is -5.08. The lowest BCUT2D eigenvalue weighted by Gasteiger charge is -2.14. The van der Waals surface area contributed by atoms with Crippen LogP contribution in [0.5, 0.6) is 0 Å². The van der Waals surface area contributed by atoms with Gasteiger partial charge in [0.1, 0.15) is 11.6 Å². The van der Waals surface area contributed by atoms with Crippen molar-refractivity contribution in [1.82, 2.24) is 9.88 Å². The number of alkyl halides is 3. The zero-order valence-electron chi connectivity index (χ0n) is 17.0. The molecular weight excluding hydrogens is 515 g/mol. The monoisotopic (exact) mass is 535 g/mol. The van der Waals surface area contributed by atoms with Gasteiger partial charge in [0.2, 0.25) is 0 Å². The molecule has 0 spiro atoms. The third kappa shape index (κ3) is 9.45. The normalized spacial score (nSPS) is 11.7. The highest BCUT2D eigenvalue weighted by atomic mass is 79.9. The Bertz CT molecular complexity index is 1020. The third-order valence-corrected chi connectivity index (χ3v) is 4.60. The van der Waals surface area contributed by atoms with E-state index in [2.05, 4.69) is 21.2 Å². The van der Waals surface area contributed by atoms with Crippen molar-refractivity contribution in [2.45, 2.75) is 31.6 Å². The third-order valence-electron chi connectivity index (χ3n) is 4.07. The van der Waals surface area contributed by atoms with Crippen LogP contribution in [0.1, 0.15) is 28.8 Å². The van der Waals surface area contributed by atoms with Crippen molar-refractivity contribution < 1.29 is 37.8 Å². The number of halogens is 4. The maximum atomic E-state index is 12.6. The van der Waals surface area contributed by atoms with E-state index in [9.17, 15) is 32.7 Å². The number of hydrogen-bond acceptors (Lipinski definition) is 5. The molecule has 9 nitrogen and oxygen atoms in total. The van der Waals surface area contributed by atoms with Crippen LogP contribution in [0.3, 0.4) is 0 Å². The number of carboxylic acids is 2. The van der Waals surface area contributed by atoms with Crippen LogP contribution in [0.15, 0.2) is 51.9 Å². The predicted octanol–water partition coefficient (Wildman–Crippen LogP) is 2.21. The van der Waals surface area contributed by atoms with Crippen molar-refractivity contribution in [2.75, 3.05) is 6.54 Å². The molecule has 0 unspecified atom stereocenters. The quantitative estimate of drug-likeness (QED) is 0.404. The molecule has 5 N–H and O–H groups in total. The van der Waals surface area contributed by atoms with Crippen molar-refractivity contribution in [3.63, 3.8) is 0 Å². The average Bonchev–Trinajstić information content (AvgIpc) is 2.73. The Morgan fingerprint density at radius 3 is 2.18 bits per heavy atom. The highest BCUT2D eigenvalue weighted by Crippen LogP contribution is 2.13. The van der Waals surface area contributed by atoms with E-state index in [1.807, 2.05) is 24.3 Å². The SMILES string of the molecule is NCCC[C@H](NC(=O)c1cccn(Cc2ccc(Br)cc2)c1=O)C(=O)O.O=C(O)C(F)(F)F. The summed E-state index contributed by atoms with van der Waals surface area (Å²) in [5.41, 5.74) is 5.72. The number of nitrogens with two attached hydrogens (primary N) is 1. The number of carbonyl (C=O) groups excluding carboxylic acids is 1. The van der Waals surface area contributed by atoms with E-state index in [4.69, 9.17) is 15.6 Å². The zero-order chi connectivity index (χ0) is 25.2. The van der Waals surface area contributed by atoms with Crippen LogP contribution in [-0.2, 0) is 16.1 Å². The lowest BCUT2D eigenvalue weighted by Crippen LogP contribution is -2.43. The molecule has 2 aromatic rings. The van der Waals surface area contributed by atoms with Crippen molar-refractivity contribution in [3.8, 4) is 0 Å². The summed E-state index contributed by atoms with van der Waals surface area (Å²) in [5, 5.41) is 18.7. The molecule has 1 aromatic heterocycles. The second-order valence-corrected chi connectivity index (χ2v) is 7.50. The number of hydrogen-bond donors (Lipinski definition) is 4. The minimum Gasteiger partial charge on any atom is -0.480 e. The number of rotatable bonds is 8. The van der Waals surface area contributed by atoms with E-state index in [1.54, 1.807) is 12.3 Å². The topological polar surface area (TPSA) is 152 Å². The van der Waals surface area contributed by atoms with Gasteiger partial charge in [-0.15, -0.1) is 0 Å². The van der Waals surface area contributed by atoms with Crippen LogP contribution in [0.2, 0.25) is 0 Å². The highest BCUT2D eigenvalue weighted by Gasteiger charge is 2.38. The van der Waals surface area contributed by atoms with Crippen LogP contribution < -0.4 is 16.6 Å². The zero-order valence-corrected chi connectivity index (χ0v) is 18.6. The molecule has 0 aliphatic carbocycles. The summed E-state index contributed by atoms with van der Waals surface area (Å²) in [5.74, 6) is -4.62. The van der Waals surface area contributed by atoms with Crippen LogP contribution >= 0.6 is 15.9 Å². The Morgan fingerprint density at radius 2 is 1.70 bits per heavy atom. The summed E-state index contributed by atoms with van der Waals surface area (Å²) in [4.78, 5) is 45.1. The second kappa shape index (κ2) is 12.7. The van der Waals surface area contributed by atoms with Crippen LogP contribution in [0.25, 0.3) is 0 Å². The lowest BCUT2D eigenvalue weighted by molar-refractivity contribution is -0.192. The van der Waals surface area contributed by atoms with Gasteiger partial charge >= 0.3 is 18.1 Å². The van der Waals surface area contributed by atoms with Crippen molar-refractivity contribution in [3.05, 3.63) is 68.5 Å². The maximum Gasteiger partial charge on any atom is 0.490 e. The van der Waals surface area contributed by atoms with E-state index in [-0.39, 0.29) is 12.0 Å². The Hall–Kier alpha value is -3.19. The number of aliphatic carboxylic acids is 2. The lowest BCUT2D eigenvalue weighted by atomic mass is 10.1. The standard InChI is InChI=1S/C18H20BrN3O4.C2HF3O2/c19-13-7-5-12(6-8-13)11-22-10-2-3-14(17(22)24)16(23)21-15(18(25)26)4-1-9-20;3-2(4,5)1(6)7/h2-3,5-8,10,15H,1,4,9,11,20H2,(H,21,23)(H,25,26);(H,6,7)/t15-;/m0./s1. The summed E-state index contributed by atoms with van der Waals surface area (Å²) in [7, 11) is 0. The first-order chi connectivity index (χ1) is 15.4. The van der Waals surface area contributed by atoms with Gasteiger partial charge in [0.05, 0.1) is 6.54 Å². The number of nitrogens with one attached hydrogen (secondary N) is 1. The molecule has 0 saturated carbocycles. The van der Waals surface area contributed by atoms with Gasteiger partial charge in [0, 0.05) is 10.7 Å². The first-order valence-corrected chi connectivity index (χ1v) is 10.1. The van der Waals surface area contributed by atoms with Gasteiger partial charge in [-0.3, -0.25) is 9.59 Å². The van der Waals surface area contributed by atoms with E-state index in [0.717, 1.165) is 10.0 Å². The largest absolute Gasteiger partial charge is 0.490 e. The molecule has 1 amide bonds. The van der Waals surface area contributed by atoms with Gasteiger partial charge in [-0.05, 0) is 49.2 Å². The number of aromatic nitrogens is 1. The molecule has 0 aliphatic heterocycles. The molecule has 0 saturated heterocycles. The smallest absolute Gasteiger partial charge is 0.480 e. The molecule has 0 fully saturated rings. The predicted molar refractivity (Wildman–Crippen MR) is 115 cm³/mol. The molecule has 0 aliphatic rings. The number of benzene rings is 1. The molecule has 0 bridgehead atoms. The molecule has 0 radical (unpaired) electrons. The van der Waals surface area contributed by atoms with E-state index < -0.39 is 35.6 Å². The molecule has 33 heavy (non-hydrogen) atoms. The van der Waals surface area contributed by atoms with Crippen LogP contribution in [0.4, 0.5) is 13.2 Å². The molecule has 13 heteroatoms. The molecule has 180 valence electrons. The number of carbonyl (C=O) groups is 3.